The molecule has 228 valence electrons. The number of hydrogen-bond donors (Lipinski definition) is 2. The standard InChI is InChI=1S/C32H31N3O8S/c1-40-26-16-19(17-27(41-2)31(26)42-3)15-20-7-6-9-24-29(23-8-4-5-10-25(23)35-30(20)24)32(37)43-18-28(36)34-21-11-13-22(14-12-21)44(33,38)39/h4-5,8,10-17H,6-7,9,18H2,1-3H3,(H,34,36)(H2,33,38,39). The summed E-state index contributed by atoms with van der Waals surface area (Å²) in [5.41, 5.74) is 4.50. The molecule has 4 aromatic rings. The van der Waals surface area contributed by atoms with Gasteiger partial charge in [0.25, 0.3) is 5.91 Å². The lowest BCUT2D eigenvalue weighted by atomic mass is 9.86. The molecule has 0 atom stereocenters. The highest BCUT2D eigenvalue weighted by atomic mass is 32.2. The van der Waals surface area contributed by atoms with Crippen molar-refractivity contribution in [3.63, 3.8) is 0 Å². The number of nitrogens with two attached hydrogens (primary N) is 1. The Morgan fingerprint density at radius 2 is 1.64 bits per heavy atom. The molecule has 44 heavy (non-hydrogen) atoms. The fourth-order valence-corrected chi connectivity index (χ4v) is 5.74. The molecule has 1 amide bonds. The van der Waals surface area contributed by atoms with Crippen molar-refractivity contribution >= 4 is 50.1 Å². The number of anilines is 1. The van der Waals surface area contributed by atoms with E-state index in [2.05, 4.69) is 5.32 Å². The Balaban J connectivity index is 1.45. The van der Waals surface area contributed by atoms with Crippen LogP contribution in [0.5, 0.6) is 17.2 Å². The van der Waals surface area contributed by atoms with E-state index in [1.54, 1.807) is 21.3 Å². The van der Waals surface area contributed by atoms with E-state index >= 15 is 0 Å². The first-order valence-electron chi connectivity index (χ1n) is 13.6. The summed E-state index contributed by atoms with van der Waals surface area (Å²) in [5.74, 6) is 0.290. The van der Waals surface area contributed by atoms with Gasteiger partial charge in [0.2, 0.25) is 15.8 Å². The van der Waals surface area contributed by atoms with Gasteiger partial charge in [-0.25, -0.2) is 23.3 Å². The molecule has 1 aliphatic rings. The smallest absolute Gasteiger partial charge is 0.339 e. The monoisotopic (exact) mass is 617 g/mol. The number of esters is 1. The topological polar surface area (TPSA) is 156 Å². The van der Waals surface area contributed by atoms with Gasteiger partial charge in [-0.05, 0) is 84.5 Å². The SMILES string of the molecule is COc1cc(C=C2CCCc3c2nc2ccccc2c3C(=O)OCC(=O)Nc2ccc(S(N)(=O)=O)cc2)cc(OC)c1OC. The average molecular weight is 618 g/mol. The number of pyridine rings is 1. The number of ether oxygens (including phenoxy) is 4. The second-order valence-corrected chi connectivity index (χ2v) is 11.6. The number of carbonyl (C=O) groups excluding carboxylic acids is 2. The summed E-state index contributed by atoms with van der Waals surface area (Å²) in [6.45, 7) is -0.546. The number of hydrogen-bond acceptors (Lipinski definition) is 9. The van der Waals surface area contributed by atoms with Crippen LogP contribution in [0.3, 0.4) is 0 Å². The highest BCUT2D eigenvalue weighted by Crippen LogP contribution is 2.41. The first kappa shape index (κ1) is 30.5. The van der Waals surface area contributed by atoms with Crippen molar-refractivity contribution in [3.8, 4) is 17.2 Å². The lowest BCUT2D eigenvalue weighted by molar-refractivity contribution is -0.119. The Bertz CT molecular complexity index is 1860. The van der Waals surface area contributed by atoms with Crippen LogP contribution in [0.2, 0.25) is 0 Å². The third-order valence-corrected chi connectivity index (χ3v) is 8.13. The summed E-state index contributed by atoms with van der Waals surface area (Å²) in [7, 11) is 0.792. The highest BCUT2D eigenvalue weighted by molar-refractivity contribution is 7.89. The van der Waals surface area contributed by atoms with Crippen molar-refractivity contribution in [2.24, 2.45) is 5.14 Å². The van der Waals surface area contributed by atoms with Crippen LogP contribution in [0.4, 0.5) is 5.69 Å². The maximum absolute atomic E-state index is 13.6. The fraction of sp³-hybridized carbons (Fsp3) is 0.219. The normalized spacial score (nSPS) is 13.7. The number of methoxy groups -OCH3 is 3. The molecule has 1 heterocycles. The molecule has 3 N–H and O–H groups in total. The molecule has 0 saturated carbocycles. The van der Waals surface area contributed by atoms with Crippen LogP contribution < -0.4 is 24.7 Å². The van der Waals surface area contributed by atoms with Gasteiger partial charge >= 0.3 is 5.97 Å². The summed E-state index contributed by atoms with van der Waals surface area (Å²) in [4.78, 5) is 31.0. The average Bonchev–Trinajstić information content (AvgIpc) is 3.02. The van der Waals surface area contributed by atoms with Crippen LogP contribution in [-0.2, 0) is 26.0 Å². The highest BCUT2D eigenvalue weighted by Gasteiger charge is 2.27. The third kappa shape index (κ3) is 6.36. The third-order valence-electron chi connectivity index (χ3n) is 7.20. The molecule has 0 spiro atoms. The number of rotatable bonds is 9. The molecular weight excluding hydrogens is 586 g/mol. The summed E-state index contributed by atoms with van der Waals surface area (Å²) >= 11 is 0. The zero-order valence-electron chi connectivity index (χ0n) is 24.4. The van der Waals surface area contributed by atoms with Crippen molar-refractivity contribution in [1.82, 2.24) is 4.98 Å². The van der Waals surface area contributed by atoms with Gasteiger partial charge in [0.1, 0.15) is 0 Å². The van der Waals surface area contributed by atoms with Crippen LogP contribution in [0.15, 0.2) is 65.6 Å². The molecule has 3 aromatic carbocycles. The van der Waals surface area contributed by atoms with Crippen molar-refractivity contribution in [3.05, 3.63) is 83.0 Å². The minimum atomic E-state index is -3.86. The van der Waals surface area contributed by atoms with Gasteiger partial charge in [0.15, 0.2) is 18.1 Å². The molecule has 11 nitrogen and oxygen atoms in total. The van der Waals surface area contributed by atoms with E-state index < -0.39 is 28.5 Å². The molecule has 0 saturated heterocycles. The van der Waals surface area contributed by atoms with Gasteiger partial charge in [-0.1, -0.05) is 18.2 Å². The number of carbonyl (C=O) groups is 2. The molecule has 0 unspecified atom stereocenters. The molecule has 0 fully saturated rings. The summed E-state index contributed by atoms with van der Waals surface area (Å²) in [6.07, 6.45) is 4.11. The van der Waals surface area contributed by atoms with Crippen LogP contribution >= 0.6 is 0 Å². The van der Waals surface area contributed by atoms with Gasteiger partial charge in [0, 0.05) is 11.1 Å². The predicted molar refractivity (Wildman–Crippen MR) is 165 cm³/mol. The molecule has 5 rings (SSSR count). The number of amides is 1. The Labute approximate surface area is 254 Å². The maximum Gasteiger partial charge on any atom is 0.339 e. The van der Waals surface area contributed by atoms with Crippen molar-refractivity contribution < 1.29 is 37.0 Å². The van der Waals surface area contributed by atoms with Crippen molar-refractivity contribution in [1.29, 1.82) is 0 Å². The summed E-state index contributed by atoms with van der Waals surface area (Å²) in [5, 5.41) is 8.33. The van der Waals surface area contributed by atoms with E-state index in [1.165, 1.54) is 24.3 Å². The summed E-state index contributed by atoms with van der Waals surface area (Å²) < 4.78 is 44.9. The fourth-order valence-electron chi connectivity index (χ4n) is 5.22. The molecule has 1 aromatic heterocycles. The van der Waals surface area contributed by atoms with Gasteiger partial charge in [0.05, 0.1) is 43.0 Å². The Kier molecular flexibility index (Phi) is 8.83. The molecule has 1 aliphatic carbocycles. The number of sulfonamides is 1. The number of aromatic nitrogens is 1. The van der Waals surface area contributed by atoms with E-state index in [-0.39, 0.29) is 4.90 Å². The van der Waals surface area contributed by atoms with E-state index in [0.29, 0.717) is 51.5 Å². The van der Waals surface area contributed by atoms with E-state index in [0.717, 1.165) is 29.5 Å². The lowest BCUT2D eigenvalue weighted by Crippen LogP contribution is -2.22. The van der Waals surface area contributed by atoms with Gasteiger partial charge in [-0.3, -0.25) is 4.79 Å². The van der Waals surface area contributed by atoms with Crippen molar-refractivity contribution in [2.75, 3.05) is 33.3 Å². The second-order valence-electron chi connectivity index (χ2n) is 10.0. The number of allylic oxidation sites excluding steroid dienone is 1. The minimum absolute atomic E-state index is 0.0880. The number of primary sulfonamides is 1. The molecule has 0 bridgehead atoms. The Hall–Kier alpha value is -4.94. The molecular formula is C32H31N3O8S. The summed E-state index contributed by atoms with van der Waals surface area (Å²) in [6, 6.07) is 16.3. The zero-order chi connectivity index (χ0) is 31.4. The van der Waals surface area contributed by atoms with E-state index in [9.17, 15) is 18.0 Å². The molecule has 0 aliphatic heterocycles. The van der Waals surface area contributed by atoms with Gasteiger partial charge in [-0.15, -0.1) is 0 Å². The second kappa shape index (κ2) is 12.7. The zero-order valence-corrected chi connectivity index (χ0v) is 25.2. The van der Waals surface area contributed by atoms with E-state index in [4.69, 9.17) is 29.1 Å². The Morgan fingerprint density at radius 3 is 2.27 bits per heavy atom. The van der Waals surface area contributed by atoms with Crippen molar-refractivity contribution in [2.45, 2.75) is 24.2 Å². The number of nitrogens with zero attached hydrogens (tertiary/aromatic N) is 1. The molecule has 0 radical (unpaired) electrons. The Morgan fingerprint density at radius 1 is 0.955 bits per heavy atom. The lowest BCUT2D eigenvalue weighted by Gasteiger charge is -2.22. The number of para-hydroxylation sites is 1. The number of benzene rings is 3. The quantitative estimate of drug-likeness (QED) is 0.257. The van der Waals surface area contributed by atoms with Crippen LogP contribution in [0.1, 0.15) is 40.0 Å². The minimum Gasteiger partial charge on any atom is -0.493 e. The van der Waals surface area contributed by atoms with Crippen LogP contribution in [0, 0.1) is 0 Å². The van der Waals surface area contributed by atoms with Crippen LogP contribution in [-0.4, -0.2) is 53.2 Å². The largest absolute Gasteiger partial charge is 0.493 e. The number of fused-ring (bicyclic) bond motifs is 2. The first-order valence-corrected chi connectivity index (χ1v) is 15.2. The van der Waals surface area contributed by atoms with Crippen LogP contribution in [0.25, 0.3) is 22.6 Å². The number of nitrogens with one attached hydrogen (secondary N) is 1. The maximum atomic E-state index is 13.6. The van der Waals surface area contributed by atoms with E-state index in [1.807, 2.05) is 42.5 Å². The van der Waals surface area contributed by atoms with Gasteiger partial charge in [-0.2, -0.15) is 0 Å². The molecule has 12 heteroatoms. The van der Waals surface area contributed by atoms with Gasteiger partial charge < -0.3 is 24.3 Å². The first-order chi connectivity index (χ1) is 21.1. The predicted octanol–water partition coefficient (Wildman–Crippen LogP) is 4.58.